The number of ether oxygens (including phenoxy) is 2. The number of aromatic nitrogens is 2. The lowest BCUT2D eigenvalue weighted by molar-refractivity contribution is 0.297. The van der Waals surface area contributed by atoms with E-state index in [0.29, 0.717) is 32.0 Å². The molecule has 150 valence electrons. The average molecular weight is 395 g/mol. The second-order valence-electron chi connectivity index (χ2n) is 6.52. The Bertz CT molecular complexity index is 1060. The molecule has 0 amide bonds. The number of halogens is 1. The van der Waals surface area contributed by atoms with Crippen molar-refractivity contribution in [3.05, 3.63) is 78.3 Å². The number of rotatable bonds is 9. The van der Waals surface area contributed by atoms with Gasteiger partial charge in [-0.25, -0.2) is 9.37 Å². The van der Waals surface area contributed by atoms with E-state index in [9.17, 15) is 4.39 Å². The van der Waals surface area contributed by atoms with E-state index in [1.54, 1.807) is 25.5 Å². The summed E-state index contributed by atoms with van der Waals surface area (Å²) in [6.07, 6.45) is 1.66. The summed E-state index contributed by atoms with van der Waals surface area (Å²) in [6, 6.07) is 15.6. The Morgan fingerprint density at radius 2 is 1.90 bits per heavy atom. The lowest BCUT2D eigenvalue weighted by Gasteiger charge is -2.11. The molecule has 2 heterocycles. The quantitative estimate of drug-likeness (QED) is 0.461. The Morgan fingerprint density at radius 1 is 1.07 bits per heavy atom. The third-order valence-electron chi connectivity index (χ3n) is 4.59. The highest BCUT2D eigenvalue weighted by Gasteiger charge is 2.12. The minimum Gasteiger partial charge on any atom is -0.497 e. The van der Waals surface area contributed by atoms with Crippen LogP contribution < -0.4 is 14.8 Å². The van der Waals surface area contributed by atoms with Crippen LogP contribution in [-0.2, 0) is 19.6 Å². The van der Waals surface area contributed by atoms with Gasteiger partial charge in [-0.3, -0.25) is 0 Å². The van der Waals surface area contributed by atoms with Gasteiger partial charge >= 0.3 is 0 Å². The maximum absolute atomic E-state index is 13.0. The number of fused-ring (bicyclic) bond motifs is 1. The Hall–Kier alpha value is -3.32. The van der Waals surface area contributed by atoms with Gasteiger partial charge in [-0.15, -0.1) is 0 Å². The molecule has 0 atom stereocenters. The smallest absolute Gasteiger partial charge is 0.124 e. The van der Waals surface area contributed by atoms with Crippen LogP contribution >= 0.6 is 0 Å². The normalized spacial score (nSPS) is 11.1. The first-order valence-corrected chi connectivity index (χ1v) is 9.37. The number of benzene rings is 2. The molecule has 0 saturated carbocycles. The fourth-order valence-corrected chi connectivity index (χ4v) is 3.17. The van der Waals surface area contributed by atoms with Crippen molar-refractivity contribution < 1.29 is 18.3 Å². The zero-order valence-electron chi connectivity index (χ0n) is 16.1. The third kappa shape index (κ3) is 4.57. The van der Waals surface area contributed by atoms with Crippen LogP contribution in [0, 0.1) is 5.82 Å². The molecule has 0 unspecified atom stereocenters. The molecular formula is C22H22FN3O3. The van der Waals surface area contributed by atoms with E-state index in [2.05, 4.69) is 9.88 Å². The highest BCUT2D eigenvalue weighted by molar-refractivity contribution is 5.77. The van der Waals surface area contributed by atoms with E-state index in [4.69, 9.17) is 18.9 Å². The van der Waals surface area contributed by atoms with Crippen molar-refractivity contribution in [2.24, 2.45) is 0 Å². The summed E-state index contributed by atoms with van der Waals surface area (Å²) in [5, 5.41) is 3.36. The Labute approximate surface area is 167 Å². The van der Waals surface area contributed by atoms with Crippen LogP contribution in [0.5, 0.6) is 11.5 Å². The molecule has 0 aliphatic carbocycles. The molecule has 7 heteroatoms. The minimum atomic E-state index is -0.281. The zero-order chi connectivity index (χ0) is 20.1. The number of nitrogens with one attached hydrogen (secondary N) is 1. The predicted molar refractivity (Wildman–Crippen MR) is 107 cm³/mol. The fraction of sp³-hybridized carbons (Fsp3) is 0.227. The monoisotopic (exact) mass is 395 g/mol. The Kier molecular flexibility index (Phi) is 5.76. The SMILES string of the molecule is COc1ccc2c(c1)nc(CNCc1ccco1)n2CCOc1ccc(F)cc1. The number of methoxy groups -OCH3 is 1. The van der Waals surface area contributed by atoms with Gasteiger partial charge < -0.3 is 23.8 Å². The highest BCUT2D eigenvalue weighted by atomic mass is 19.1. The van der Waals surface area contributed by atoms with Crippen molar-refractivity contribution in [1.82, 2.24) is 14.9 Å². The first-order chi connectivity index (χ1) is 14.2. The van der Waals surface area contributed by atoms with Crippen LogP contribution in [0.25, 0.3) is 11.0 Å². The van der Waals surface area contributed by atoms with Gasteiger partial charge in [-0.2, -0.15) is 0 Å². The van der Waals surface area contributed by atoms with E-state index >= 15 is 0 Å². The van der Waals surface area contributed by atoms with Crippen LogP contribution in [0.15, 0.2) is 65.3 Å². The summed E-state index contributed by atoms with van der Waals surface area (Å²) in [5.41, 5.74) is 1.87. The van der Waals surface area contributed by atoms with E-state index in [0.717, 1.165) is 28.4 Å². The van der Waals surface area contributed by atoms with Crippen LogP contribution in [0.1, 0.15) is 11.6 Å². The second kappa shape index (κ2) is 8.79. The largest absolute Gasteiger partial charge is 0.497 e. The van der Waals surface area contributed by atoms with Gasteiger partial charge in [-0.05, 0) is 48.5 Å². The summed E-state index contributed by atoms with van der Waals surface area (Å²) in [5.74, 6) is 2.88. The summed E-state index contributed by atoms with van der Waals surface area (Å²) in [6.45, 7) is 2.24. The van der Waals surface area contributed by atoms with Gasteiger partial charge in [0.1, 0.15) is 35.5 Å². The standard InChI is InChI=1S/C22H22FN3O3/c1-27-18-8-9-21-20(13-18)25-22(15-24-14-19-3-2-11-28-19)26(21)10-12-29-17-6-4-16(23)5-7-17/h2-9,11,13,24H,10,12,14-15H2,1H3. The molecule has 4 aromatic rings. The van der Waals surface area contributed by atoms with Gasteiger partial charge in [0.2, 0.25) is 0 Å². The molecule has 2 aromatic carbocycles. The molecule has 1 N–H and O–H groups in total. The molecule has 2 aromatic heterocycles. The van der Waals surface area contributed by atoms with Crippen molar-refractivity contribution in [3.63, 3.8) is 0 Å². The molecule has 0 spiro atoms. The molecule has 0 fully saturated rings. The maximum atomic E-state index is 13.0. The van der Waals surface area contributed by atoms with Gasteiger partial charge in [0, 0.05) is 6.07 Å². The number of furan rings is 1. The predicted octanol–water partition coefficient (Wildman–Crippen LogP) is 4.15. The molecule has 0 aliphatic heterocycles. The Balaban J connectivity index is 1.49. The molecule has 6 nitrogen and oxygen atoms in total. The molecule has 29 heavy (non-hydrogen) atoms. The van der Waals surface area contributed by atoms with E-state index in [-0.39, 0.29) is 5.82 Å². The van der Waals surface area contributed by atoms with Crippen LogP contribution in [0.3, 0.4) is 0 Å². The topological polar surface area (TPSA) is 61.5 Å². The number of nitrogens with zero attached hydrogens (tertiary/aromatic N) is 2. The fourth-order valence-electron chi connectivity index (χ4n) is 3.17. The highest BCUT2D eigenvalue weighted by Crippen LogP contribution is 2.22. The first kappa shape index (κ1) is 19.0. The van der Waals surface area contributed by atoms with Gasteiger partial charge in [0.05, 0.1) is 44.0 Å². The van der Waals surface area contributed by atoms with Gasteiger partial charge in [0.25, 0.3) is 0 Å². The summed E-state index contributed by atoms with van der Waals surface area (Å²) in [4.78, 5) is 4.76. The first-order valence-electron chi connectivity index (χ1n) is 9.37. The lowest BCUT2D eigenvalue weighted by Crippen LogP contribution is -2.18. The summed E-state index contributed by atoms with van der Waals surface area (Å²) >= 11 is 0. The van der Waals surface area contributed by atoms with E-state index in [1.165, 1.54) is 12.1 Å². The minimum absolute atomic E-state index is 0.281. The molecule has 0 aliphatic rings. The van der Waals surface area contributed by atoms with Crippen LogP contribution in [0.4, 0.5) is 4.39 Å². The Morgan fingerprint density at radius 3 is 2.66 bits per heavy atom. The molecule has 0 saturated heterocycles. The molecule has 0 bridgehead atoms. The lowest BCUT2D eigenvalue weighted by atomic mass is 10.3. The van der Waals surface area contributed by atoms with Crippen molar-refractivity contribution in [3.8, 4) is 11.5 Å². The second-order valence-corrected chi connectivity index (χ2v) is 6.52. The van der Waals surface area contributed by atoms with Crippen molar-refractivity contribution in [2.75, 3.05) is 13.7 Å². The third-order valence-corrected chi connectivity index (χ3v) is 4.59. The number of imidazole rings is 1. The average Bonchev–Trinajstić information content (AvgIpc) is 3.37. The number of hydrogen-bond donors (Lipinski definition) is 1. The summed E-state index contributed by atoms with van der Waals surface area (Å²) in [7, 11) is 1.64. The molecule has 0 radical (unpaired) electrons. The zero-order valence-corrected chi connectivity index (χ0v) is 16.1. The maximum Gasteiger partial charge on any atom is 0.124 e. The van der Waals surface area contributed by atoms with E-state index in [1.807, 2.05) is 30.3 Å². The van der Waals surface area contributed by atoms with Crippen molar-refractivity contribution in [1.29, 1.82) is 0 Å². The van der Waals surface area contributed by atoms with E-state index < -0.39 is 0 Å². The van der Waals surface area contributed by atoms with Crippen molar-refractivity contribution >= 4 is 11.0 Å². The van der Waals surface area contributed by atoms with Crippen molar-refractivity contribution in [2.45, 2.75) is 19.6 Å². The molecular weight excluding hydrogens is 373 g/mol. The molecule has 4 rings (SSSR count). The van der Waals surface area contributed by atoms with Crippen LogP contribution in [0.2, 0.25) is 0 Å². The van der Waals surface area contributed by atoms with Gasteiger partial charge in [0.15, 0.2) is 0 Å². The van der Waals surface area contributed by atoms with Crippen LogP contribution in [-0.4, -0.2) is 23.3 Å². The van der Waals surface area contributed by atoms with Gasteiger partial charge in [-0.1, -0.05) is 0 Å². The summed E-state index contributed by atoms with van der Waals surface area (Å²) < 4.78 is 31.6. The number of hydrogen-bond acceptors (Lipinski definition) is 5.